The lowest BCUT2D eigenvalue weighted by atomic mass is 10.1. The van der Waals surface area contributed by atoms with Crippen molar-refractivity contribution in [3.8, 4) is 5.69 Å². The predicted octanol–water partition coefficient (Wildman–Crippen LogP) is 2.57. The molecule has 0 aliphatic heterocycles. The number of aryl methyl sites for hydroxylation is 2. The van der Waals surface area contributed by atoms with E-state index in [0.717, 1.165) is 23.7 Å². The molecule has 126 valence electrons. The van der Waals surface area contributed by atoms with Crippen molar-refractivity contribution in [2.75, 3.05) is 5.75 Å². The van der Waals surface area contributed by atoms with Gasteiger partial charge in [0.25, 0.3) is 0 Å². The third kappa shape index (κ3) is 4.17. The fourth-order valence-corrected chi connectivity index (χ4v) is 2.98. The van der Waals surface area contributed by atoms with E-state index in [4.69, 9.17) is 0 Å². The van der Waals surface area contributed by atoms with Crippen LogP contribution >= 0.6 is 11.8 Å². The normalized spacial score (nSPS) is 13.6. The first kappa shape index (κ1) is 16.6. The van der Waals surface area contributed by atoms with Gasteiger partial charge in [0.2, 0.25) is 5.91 Å². The minimum atomic E-state index is -0.416. The first-order valence-electron chi connectivity index (χ1n) is 7.87. The second-order valence-electron chi connectivity index (χ2n) is 5.93. The number of nitrogens with zero attached hydrogens (tertiary/aromatic N) is 2. The van der Waals surface area contributed by atoms with Gasteiger partial charge < -0.3 is 5.32 Å². The highest BCUT2D eigenvalue weighted by Crippen LogP contribution is 2.22. The van der Waals surface area contributed by atoms with E-state index >= 15 is 0 Å². The maximum absolute atomic E-state index is 11.9. The fraction of sp³-hybridized carbons (Fsp3) is 0.353. The average molecular weight is 344 g/mol. The monoisotopic (exact) mass is 344 g/mol. The summed E-state index contributed by atoms with van der Waals surface area (Å²) in [6, 6.07) is 5.99. The van der Waals surface area contributed by atoms with Gasteiger partial charge in [-0.3, -0.25) is 14.7 Å². The smallest absolute Gasteiger partial charge is 0.321 e. The first-order valence-corrected chi connectivity index (χ1v) is 8.85. The van der Waals surface area contributed by atoms with E-state index in [9.17, 15) is 9.59 Å². The lowest BCUT2D eigenvalue weighted by Crippen LogP contribution is -2.41. The lowest BCUT2D eigenvalue weighted by Gasteiger charge is -2.10. The van der Waals surface area contributed by atoms with Crippen LogP contribution < -0.4 is 10.6 Å². The summed E-state index contributed by atoms with van der Waals surface area (Å²) >= 11 is 1.30. The lowest BCUT2D eigenvalue weighted by molar-refractivity contribution is -0.117. The summed E-state index contributed by atoms with van der Waals surface area (Å²) in [5, 5.41) is 5.79. The number of benzene rings is 1. The highest BCUT2D eigenvalue weighted by molar-refractivity contribution is 7.99. The summed E-state index contributed by atoms with van der Waals surface area (Å²) in [6.45, 7) is 4.13. The van der Waals surface area contributed by atoms with Crippen molar-refractivity contribution in [1.29, 1.82) is 0 Å². The molecular formula is C17H20N4O2S. The SMILES string of the molecule is Cc1ccc(-n2ccnc2SCC(=O)NC(=O)NC2CC2)cc1C. The van der Waals surface area contributed by atoms with Crippen molar-refractivity contribution in [2.45, 2.75) is 37.9 Å². The summed E-state index contributed by atoms with van der Waals surface area (Å²) in [5.41, 5.74) is 3.44. The largest absolute Gasteiger partial charge is 0.335 e. The van der Waals surface area contributed by atoms with E-state index in [2.05, 4.69) is 41.6 Å². The quantitative estimate of drug-likeness (QED) is 0.818. The maximum Gasteiger partial charge on any atom is 0.321 e. The molecule has 3 amide bonds. The second-order valence-corrected chi connectivity index (χ2v) is 6.88. The third-order valence-corrected chi connectivity index (χ3v) is 4.84. The van der Waals surface area contributed by atoms with Crippen LogP contribution in [-0.4, -0.2) is 33.3 Å². The Labute approximate surface area is 145 Å². The summed E-state index contributed by atoms with van der Waals surface area (Å²) in [7, 11) is 0. The minimum absolute atomic E-state index is 0.139. The Morgan fingerprint density at radius 1 is 1.29 bits per heavy atom. The number of carbonyl (C=O) groups excluding carboxylic acids is 2. The molecule has 0 bridgehead atoms. The first-order chi connectivity index (χ1) is 11.5. The Morgan fingerprint density at radius 2 is 2.08 bits per heavy atom. The van der Waals surface area contributed by atoms with Crippen molar-refractivity contribution >= 4 is 23.7 Å². The van der Waals surface area contributed by atoms with Gasteiger partial charge in [0.1, 0.15) is 0 Å². The minimum Gasteiger partial charge on any atom is -0.335 e. The van der Waals surface area contributed by atoms with E-state index in [1.807, 2.05) is 16.8 Å². The van der Waals surface area contributed by atoms with Crippen LogP contribution in [0.4, 0.5) is 4.79 Å². The van der Waals surface area contributed by atoms with Crippen LogP contribution in [0.25, 0.3) is 5.69 Å². The Hall–Kier alpha value is -2.28. The standard InChI is InChI=1S/C17H20N4O2S/c1-11-3-6-14(9-12(11)2)21-8-7-18-17(21)24-10-15(22)20-16(23)19-13-4-5-13/h3,6-9,13H,4-5,10H2,1-2H3,(H2,19,20,22,23). The van der Waals surface area contributed by atoms with E-state index in [0.29, 0.717) is 0 Å². The van der Waals surface area contributed by atoms with Crippen LogP contribution in [0, 0.1) is 13.8 Å². The van der Waals surface area contributed by atoms with Crippen LogP contribution in [0.1, 0.15) is 24.0 Å². The van der Waals surface area contributed by atoms with Gasteiger partial charge in [-0.05, 0) is 49.9 Å². The molecular weight excluding hydrogens is 324 g/mol. The zero-order chi connectivity index (χ0) is 17.1. The summed E-state index contributed by atoms with van der Waals surface area (Å²) in [4.78, 5) is 27.7. The van der Waals surface area contributed by atoms with Gasteiger partial charge in [0.05, 0.1) is 5.75 Å². The van der Waals surface area contributed by atoms with Gasteiger partial charge in [-0.1, -0.05) is 17.8 Å². The van der Waals surface area contributed by atoms with Gasteiger partial charge in [-0.15, -0.1) is 0 Å². The Bertz CT molecular complexity index is 768. The molecule has 1 fully saturated rings. The van der Waals surface area contributed by atoms with E-state index < -0.39 is 6.03 Å². The number of rotatable bonds is 5. The molecule has 2 aromatic rings. The summed E-state index contributed by atoms with van der Waals surface area (Å²) in [5.74, 6) is -0.187. The van der Waals surface area contributed by atoms with Crippen molar-refractivity contribution in [2.24, 2.45) is 0 Å². The van der Waals surface area contributed by atoms with Gasteiger partial charge in [-0.2, -0.15) is 0 Å². The van der Waals surface area contributed by atoms with E-state index in [-0.39, 0.29) is 17.7 Å². The Morgan fingerprint density at radius 3 is 2.79 bits per heavy atom. The van der Waals surface area contributed by atoms with Crippen molar-refractivity contribution < 1.29 is 9.59 Å². The number of carbonyl (C=O) groups is 2. The van der Waals surface area contributed by atoms with Crippen LogP contribution in [0.5, 0.6) is 0 Å². The Kier molecular flexibility index (Phi) is 4.89. The predicted molar refractivity (Wildman–Crippen MR) is 93.5 cm³/mol. The highest BCUT2D eigenvalue weighted by Gasteiger charge is 2.24. The van der Waals surface area contributed by atoms with Gasteiger partial charge >= 0.3 is 6.03 Å². The molecule has 0 spiro atoms. The van der Waals surface area contributed by atoms with Crippen LogP contribution in [0.3, 0.4) is 0 Å². The molecule has 1 aromatic heterocycles. The number of aromatic nitrogens is 2. The molecule has 24 heavy (non-hydrogen) atoms. The number of urea groups is 1. The summed E-state index contributed by atoms with van der Waals surface area (Å²) < 4.78 is 1.94. The molecule has 6 nitrogen and oxygen atoms in total. The van der Waals surface area contributed by atoms with Gasteiger partial charge in [0.15, 0.2) is 5.16 Å². The molecule has 0 atom stereocenters. The molecule has 0 saturated heterocycles. The summed E-state index contributed by atoms with van der Waals surface area (Å²) in [6.07, 6.45) is 5.55. The molecule has 1 heterocycles. The molecule has 3 rings (SSSR count). The zero-order valence-corrected chi connectivity index (χ0v) is 14.5. The number of thioether (sulfide) groups is 1. The van der Waals surface area contributed by atoms with Crippen LogP contribution in [0.2, 0.25) is 0 Å². The molecule has 1 saturated carbocycles. The van der Waals surface area contributed by atoms with Crippen molar-refractivity contribution in [3.63, 3.8) is 0 Å². The molecule has 1 aliphatic carbocycles. The molecule has 2 N–H and O–H groups in total. The van der Waals surface area contributed by atoms with E-state index in [1.54, 1.807) is 6.20 Å². The average Bonchev–Trinajstić information content (AvgIpc) is 3.22. The zero-order valence-electron chi connectivity index (χ0n) is 13.7. The Balaban J connectivity index is 1.59. The molecule has 1 aromatic carbocycles. The molecule has 0 radical (unpaired) electrons. The fourth-order valence-electron chi connectivity index (χ4n) is 2.21. The number of hydrogen-bond donors (Lipinski definition) is 2. The molecule has 7 heteroatoms. The van der Waals surface area contributed by atoms with Crippen molar-refractivity contribution in [3.05, 3.63) is 41.7 Å². The molecule has 0 unspecified atom stereocenters. The second kappa shape index (κ2) is 7.09. The number of amides is 3. The van der Waals surface area contributed by atoms with Gasteiger partial charge in [0, 0.05) is 24.1 Å². The number of nitrogens with one attached hydrogen (secondary N) is 2. The van der Waals surface area contributed by atoms with Gasteiger partial charge in [-0.25, -0.2) is 9.78 Å². The number of imide groups is 1. The van der Waals surface area contributed by atoms with Crippen molar-refractivity contribution in [1.82, 2.24) is 20.2 Å². The van der Waals surface area contributed by atoms with Crippen LogP contribution in [0.15, 0.2) is 35.7 Å². The third-order valence-electron chi connectivity index (χ3n) is 3.87. The number of imidazole rings is 1. The topological polar surface area (TPSA) is 76.0 Å². The van der Waals surface area contributed by atoms with E-state index in [1.165, 1.54) is 22.9 Å². The molecule has 1 aliphatic rings. The highest BCUT2D eigenvalue weighted by atomic mass is 32.2. The number of hydrogen-bond acceptors (Lipinski definition) is 4. The van der Waals surface area contributed by atoms with Crippen LogP contribution in [-0.2, 0) is 4.79 Å². The maximum atomic E-state index is 11.9.